The van der Waals surface area contributed by atoms with E-state index < -0.39 is 0 Å². The van der Waals surface area contributed by atoms with E-state index in [-0.39, 0.29) is 10.8 Å². The third-order valence-corrected chi connectivity index (χ3v) is 2.86. The zero-order valence-electron chi connectivity index (χ0n) is 9.65. The number of rotatable bonds is 2. The van der Waals surface area contributed by atoms with E-state index in [1.165, 1.54) is 18.8 Å². The molecule has 0 radical (unpaired) electrons. The van der Waals surface area contributed by atoms with Crippen LogP contribution in [0.15, 0.2) is 16.9 Å². The first-order chi connectivity index (χ1) is 8.08. The molecule has 0 aliphatic heterocycles. The van der Waals surface area contributed by atoms with Crippen molar-refractivity contribution >= 4 is 22.5 Å². The molecule has 2 aromatic rings. The molecule has 0 amide bonds. The lowest BCUT2D eigenvalue weighted by Crippen LogP contribution is -2.19. The van der Waals surface area contributed by atoms with Gasteiger partial charge in [-0.05, 0) is 17.7 Å². The quantitative estimate of drug-likeness (QED) is 0.764. The SMILES string of the molecule is COc1cc(OC)c2nc(Cl)n(C)c(=O)c2c1. The van der Waals surface area contributed by atoms with Gasteiger partial charge in [0.1, 0.15) is 17.0 Å². The first kappa shape index (κ1) is 11.7. The molecule has 0 saturated carbocycles. The summed E-state index contributed by atoms with van der Waals surface area (Å²) >= 11 is 5.86. The predicted molar refractivity (Wildman–Crippen MR) is 65.1 cm³/mol. The molecular formula is C11H11ClN2O3. The van der Waals surface area contributed by atoms with Crippen LogP contribution in [0.25, 0.3) is 10.9 Å². The van der Waals surface area contributed by atoms with Crippen molar-refractivity contribution in [2.24, 2.45) is 7.05 Å². The van der Waals surface area contributed by atoms with Gasteiger partial charge in [-0.1, -0.05) is 0 Å². The average molecular weight is 255 g/mol. The number of hydrogen-bond acceptors (Lipinski definition) is 4. The highest BCUT2D eigenvalue weighted by molar-refractivity contribution is 6.28. The lowest BCUT2D eigenvalue weighted by Gasteiger charge is -2.09. The molecule has 0 saturated heterocycles. The lowest BCUT2D eigenvalue weighted by molar-refractivity contribution is 0.397. The summed E-state index contributed by atoms with van der Waals surface area (Å²) in [7, 11) is 4.58. The van der Waals surface area contributed by atoms with Crippen LogP contribution in [-0.2, 0) is 7.05 Å². The van der Waals surface area contributed by atoms with Crippen LogP contribution in [0.5, 0.6) is 11.5 Å². The van der Waals surface area contributed by atoms with Gasteiger partial charge in [-0.2, -0.15) is 0 Å². The summed E-state index contributed by atoms with van der Waals surface area (Å²) in [6, 6.07) is 3.27. The van der Waals surface area contributed by atoms with Crippen LogP contribution in [-0.4, -0.2) is 23.8 Å². The van der Waals surface area contributed by atoms with Gasteiger partial charge in [0.2, 0.25) is 5.28 Å². The monoisotopic (exact) mass is 254 g/mol. The molecule has 0 aliphatic carbocycles. The van der Waals surface area contributed by atoms with Crippen molar-refractivity contribution in [3.8, 4) is 11.5 Å². The zero-order valence-corrected chi connectivity index (χ0v) is 10.4. The van der Waals surface area contributed by atoms with Crippen LogP contribution in [0, 0.1) is 0 Å². The number of methoxy groups -OCH3 is 2. The van der Waals surface area contributed by atoms with Gasteiger partial charge < -0.3 is 9.47 Å². The number of aromatic nitrogens is 2. The van der Waals surface area contributed by atoms with Gasteiger partial charge in [0, 0.05) is 13.1 Å². The van der Waals surface area contributed by atoms with Crippen LogP contribution < -0.4 is 15.0 Å². The van der Waals surface area contributed by atoms with E-state index >= 15 is 0 Å². The van der Waals surface area contributed by atoms with Crippen molar-refractivity contribution in [2.75, 3.05) is 14.2 Å². The number of ether oxygens (including phenoxy) is 2. The summed E-state index contributed by atoms with van der Waals surface area (Å²) in [5, 5.41) is 0.527. The molecule has 0 bridgehead atoms. The van der Waals surface area contributed by atoms with Crippen LogP contribution in [0.1, 0.15) is 0 Å². The molecule has 6 heteroatoms. The van der Waals surface area contributed by atoms with Crippen LogP contribution in [0.3, 0.4) is 0 Å². The van der Waals surface area contributed by atoms with Gasteiger partial charge in [0.15, 0.2) is 0 Å². The maximum Gasteiger partial charge on any atom is 0.262 e. The Morgan fingerprint density at radius 2 is 2.00 bits per heavy atom. The summed E-state index contributed by atoms with van der Waals surface area (Å²) in [6.07, 6.45) is 0. The standard InChI is InChI=1S/C11H11ClN2O3/c1-14-10(15)7-4-6(16-2)5-8(17-3)9(7)13-11(14)12/h4-5H,1-3H3. The highest BCUT2D eigenvalue weighted by atomic mass is 35.5. The molecule has 90 valence electrons. The Balaban J connectivity index is 2.95. The Hall–Kier alpha value is -1.75. The second-order valence-electron chi connectivity index (χ2n) is 3.47. The smallest absolute Gasteiger partial charge is 0.262 e. The van der Waals surface area contributed by atoms with E-state index in [0.29, 0.717) is 22.4 Å². The van der Waals surface area contributed by atoms with E-state index in [4.69, 9.17) is 21.1 Å². The van der Waals surface area contributed by atoms with E-state index in [1.54, 1.807) is 19.2 Å². The fourth-order valence-corrected chi connectivity index (χ4v) is 1.73. The van der Waals surface area contributed by atoms with Gasteiger partial charge in [-0.25, -0.2) is 4.98 Å². The minimum absolute atomic E-state index is 0.117. The van der Waals surface area contributed by atoms with Crippen molar-refractivity contribution in [1.82, 2.24) is 9.55 Å². The number of hydrogen-bond donors (Lipinski definition) is 0. The molecule has 1 aromatic carbocycles. The molecule has 0 fully saturated rings. The molecule has 17 heavy (non-hydrogen) atoms. The highest BCUT2D eigenvalue weighted by Crippen LogP contribution is 2.28. The second kappa shape index (κ2) is 4.25. The Morgan fingerprint density at radius 3 is 2.59 bits per heavy atom. The molecule has 0 atom stereocenters. The fraction of sp³-hybridized carbons (Fsp3) is 0.273. The van der Waals surface area contributed by atoms with E-state index in [0.717, 1.165) is 0 Å². The Kier molecular flexibility index (Phi) is 2.93. The molecular weight excluding hydrogens is 244 g/mol. The van der Waals surface area contributed by atoms with Crippen LogP contribution >= 0.6 is 11.6 Å². The second-order valence-corrected chi connectivity index (χ2v) is 3.81. The number of nitrogens with zero attached hydrogens (tertiary/aromatic N) is 2. The van der Waals surface area contributed by atoms with Crippen molar-refractivity contribution in [3.63, 3.8) is 0 Å². The summed E-state index contributed by atoms with van der Waals surface area (Å²) in [5.41, 5.74) is 0.193. The van der Waals surface area contributed by atoms with Gasteiger partial charge in [-0.3, -0.25) is 9.36 Å². The Labute approximate surface area is 103 Å². The molecule has 5 nitrogen and oxygen atoms in total. The van der Waals surface area contributed by atoms with E-state index in [9.17, 15) is 4.79 Å². The maximum atomic E-state index is 12.0. The van der Waals surface area contributed by atoms with E-state index in [2.05, 4.69) is 4.98 Å². The van der Waals surface area contributed by atoms with Crippen molar-refractivity contribution < 1.29 is 9.47 Å². The Bertz CT molecular complexity index is 637. The molecule has 0 spiro atoms. The fourth-order valence-electron chi connectivity index (χ4n) is 1.57. The molecule has 0 N–H and O–H groups in total. The van der Waals surface area contributed by atoms with Gasteiger partial charge in [-0.15, -0.1) is 0 Å². The van der Waals surface area contributed by atoms with Crippen LogP contribution in [0.2, 0.25) is 5.28 Å². The minimum atomic E-state index is -0.239. The van der Waals surface area contributed by atoms with Crippen molar-refractivity contribution in [2.45, 2.75) is 0 Å². The average Bonchev–Trinajstić information content (AvgIpc) is 2.35. The normalized spacial score (nSPS) is 10.6. The zero-order chi connectivity index (χ0) is 12.6. The molecule has 2 rings (SSSR count). The summed E-state index contributed by atoms with van der Waals surface area (Å²) in [6.45, 7) is 0. The topological polar surface area (TPSA) is 53.4 Å². The third kappa shape index (κ3) is 1.82. The first-order valence-corrected chi connectivity index (χ1v) is 5.24. The third-order valence-electron chi connectivity index (χ3n) is 2.52. The Morgan fingerprint density at radius 1 is 1.29 bits per heavy atom. The summed E-state index contributed by atoms with van der Waals surface area (Å²) in [5.74, 6) is 0.995. The molecule has 1 heterocycles. The molecule has 0 unspecified atom stereocenters. The predicted octanol–water partition coefficient (Wildman–Crippen LogP) is 1.60. The van der Waals surface area contributed by atoms with Gasteiger partial charge in [0.25, 0.3) is 5.56 Å². The first-order valence-electron chi connectivity index (χ1n) is 4.86. The number of fused-ring (bicyclic) bond motifs is 1. The highest BCUT2D eigenvalue weighted by Gasteiger charge is 2.12. The van der Waals surface area contributed by atoms with Gasteiger partial charge in [0.05, 0.1) is 19.6 Å². The minimum Gasteiger partial charge on any atom is -0.497 e. The van der Waals surface area contributed by atoms with Crippen molar-refractivity contribution in [1.29, 1.82) is 0 Å². The number of halogens is 1. The molecule has 0 aliphatic rings. The van der Waals surface area contributed by atoms with E-state index in [1.807, 2.05) is 0 Å². The largest absolute Gasteiger partial charge is 0.497 e. The number of benzene rings is 1. The summed E-state index contributed by atoms with van der Waals surface area (Å²) in [4.78, 5) is 16.1. The maximum absolute atomic E-state index is 12.0. The van der Waals surface area contributed by atoms with Gasteiger partial charge >= 0.3 is 0 Å². The molecule has 1 aromatic heterocycles. The lowest BCUT2D eigenvalue weighted by atomic mass is 10.2. The van der Waals surface area contributed by atoms with Crippen LogP contribution in [0.4, 0.5) is 0 Å². The van der Waals surface area contributed by atoms with Crippen molar-refractivity contribution in [3.05, 3.63) is 27.8 Å². The summed E-state index contributed by atoms with van der Waals surface area (Å²) < 4.78 is 11.5.